The van der Waals surface area contributed by atoms with Crippen molar-refractivity contribution in [3.8, 4) is 0 Å². The van der Waals surface area contributed by atoms with Crippen LogP contribution in [0.5, 0.6) is 0 Å². The number of aromatic nitrogens is 6. The van der Waals surface area contributed by atoms with Gasteiger partial charge in [-0.1, -0.05) is 0 Å². The first-order valence-electron chi connectivity index (χ1n) is 9.71. The highest BCUT2D eigenvalue weighted by Gasteiger charge is 2.54. The summed E-state index contributed by atoms with van der Waals surface area (Å²) >= 11 is 1.45. The van der Waals surface area contributed by atoms with Gasteiger partial charge in [0.05, 0.1) is 5.39 Å². The summed E-state index contributed by atoms with van der Waals surface area (Å²) in [5.74, 6) is 2.19. The summed E-state index contributed by atoms with van der Waals surface area (Å²) in [7, 11) is 0. The molecular weight excluding hydrogens is 384 g/mol. The Morgan fingerprint density at radius 3 is 2.69 bits per heavy atom. The molecule has 0 bridgehead atoms. The summed E-state index contributed by atoms with van der Waals surface area (Å²) in [6.45, 7) is 6.14. The van der Waals surface area contributed by atoms with Gasteiger partial charge in [0.1, 0.15) is 22.0 Å². The molecule has 1 aliphatic heterocycles. The minimum absolute atomic E-state index is 0.356. The molecule has 0 aromatic carbocycles. The fraction of sp³-hybridized carbons (Fsp3) is 0.350. The van der Waals surface area contributed by atoms with Crippen LogP contribution in [0.3, 0.4) is 0 Å². The number of aromatic amines is 1. The number of hydrogen-bond donors (Lipinski definition) is 2. The topological polar surface area (TPSA) is 109 Å². The highest BCUT2D eigenvalue weighted by atomic mass is 32.2. The van der Waals surface area contributed by atoms with Crippen molar-refractivity contribution in [2.24, 2.45) is 17.6 Å². The molecule has 2 atom stereocenters. The molecule has 8 nitrogen and oxygen atoms in total. The molecule has 4 aromatic rings. The minimum atomic E-state index is 0.356. The summed E-state index contributed by atoms with van der Waals surface area (Å²) in [6, 6.07) is 4.22. The normalized spacial score (nSPS) is 23.1. The Bertz CT molecular complexity index is 1260. The first-order valence-corrected chi connectivity index (χ1v) is 10.5. The highest BCUT2D eigenvalue weighted by molar-refractivity contribution is 7.99. The molecule has 2 fully saturated rings. The van der Waals surface area contributed by atoms with Gasteiger partial charge in [0.15, 0.2) is 10.8 Å². The molecule has 0 spiro atoms. The van der Waals surface area contributed by atoms with Crippen LogP contribution in [0.15, 0.2) is 34.7 Å². The molecule has 9 heteroatoms. The maximum Gasteiger partial charge on any atom is 0.197 e. The smallest absolute Gasteiger partial charge is 0.197 e. The Labute approximate surface area is 171 Å². The Morgan fingerprint density at radius 2 is 1.86 bits per heavy atom. The van der Waals surface area contributed by atoms with E-state index in [4.69, 9.17) is 15.7 Å². The first kappa shape index (κ1) is 17.1. The van der Waals surface area contributed by atoms with E-state index in [0.29, 0.717) is 28.7 Å². The van der Waals surface area contributed by atoms with E-state index in [0.717, 1.165) is 46.2 Å². The lowest BCUT2D eigenvalue weighted by Gasteiger charge is -2.21. The van der Waals surface area contributed by atoms with Gasteiger partial charge in [0, 0.05) is 37.2 Å². The minimum Gasteiger partial charge on any atom is -0.355 e. The molecule has 1 aliphatic carbocycles. The van der Waals surface area contributed by atoms with Crippen molar-refractivity contribution in [2.75, 3.05) is 18.0 Å². The largest absolute Gasteiger partial charge is 0.355 e. The second kappa shape index (κ2) is 6.11. The van der Waals surface area contributed by atoms with Crippen LogP contribution in [0.4, 0.5) is 5.82 Å². The zero-order valence-corrected chi connectivity index (χ0v) is 16.9. The van der Waals surface area contributed by atoms with Gasteiger partial charge in [-0.05, 0) is 55.1 Å². The van der Waals surface area contributed by atoms with Crippen LogP contribution in [-0.2, 0) is 0 Å². The molecule has 146 valence electrons. The molecule has 5 heterocycles. The fourth-order valence-corrected chi connectivity index (χ4v) is 5.06. The van der Waals surface area contributed by atoms with E-state index >= 15 is 0 Å². The zero-order valence-electron chi connectivity index (χ0n) is 16.1. The van der Waals surface area contributed by atoms with Crippen LogP contribution >= 0.6 is 11.8 Å². The third-order valence-corrected chi connectivity index (χ3v) is 6.98. The number of fused-ring (bicyclic) bond motifs is 3. The van der Waals surface area contributed by atoms with Crippen LogP contribution in [0, 0.1) is 25.7 Å². The Hall–Kier alpha value is -2.78. The average Bonchev–Trinajstić information content (AvgIpc) is 3.06. The van der Waals surface area contributed by atoms with Gasteiger partial charge in [0.25, 0.3) is 0 Å². The quantitative estimate of drug-likeness (QED) is 0.501. The van der Waals surface area contributed by atoms with Crippen molar-refractivity contribution in [3.05, 3.63) is 35.8 Å². The lowest BCUT2D eigenvalue weighted by Crippen LogP contribution is -2.29. The van der Waals surface area contributed by atoms with E-state index in [9.17, 15) is 0 Å². The zero-order chi connectivity index (χ0) is 19.7. The van der Waals surface area contributed by atoms with Crippen molar-refractivity contribution >= 4 is 39.8 Å². The second-order valence-corrected chi connectivity index (χ2v) is 8.88. The standard InChI is InChI=1S/C20H20N8S/c1-9-10(2)24-18-15(9)19(28-7-11-12(8-28)16(11)21)27-20(26-18)29-14-4-3-13-17(25-14)23-6-5-22-13/h3-6,11-12,16H,7-8,21H2,1-2H3,(H,24,26,27). The summed E-state index contributed by atoms with van der Waals surface area (Å²) < 4.78 is 0. The Morgan fingerprint density at radius 1 is 1.07 bits per heavy atom. The summed E-state index contributed by atoms with van der Waals surface area (Å²) in [6.07, 6.45) is 3.32. The van der Waals surface area contributed by atoms with E-state index in [2.05, 4.69) is 38.7 Å². The van der Waals surface area contributed by atoms with Crippen LogP contribution < -0.4 is 10.6 Å². The van der Waals surface area contributed by atoms with Gasteiger partial charge in [-0.15, -0.1) is 0 Å². The number of hydrogen-bond acceptors (Lipinski definition) is 8. The molecule has 6 rings (SSSR count). The van der Waals surface area contributed by atoms with Gasteiger partial charge >= 0.3 is 0 Å². The monoisotopic (exact) mass is 404 g/mol. The first-order chi connectivity index (χ1) is 14.1. The van der Waals surface area contributed by atoms with E-state index < -0.39 is 0 Å². The number of aryl methyl sites for hydroxylation is 2. The number of pyridine rings is 1. The number of nitrogens with zero attached hydrogens (tertiary/aromatic N) is 6. The number of piperidine rings is 1. The van der Waals surface area contributed by atoms with Crippen LogP contribution in [0.2, 0.25) is 0 Å². The van der Waals surface area contributed by atoms with Gasteiger partial charge in [-0.2, -0.15) is 0 Å². The molecule has 0 amide bonds. The maximum atomic E-state index is 6.15. The average molecular weight is 405 g/mol. The SMILES string of the molecule is Cc1[nH]c2nc(Sc3ccc4nccnc4n3)nc(N3CC4C(N)C4C3)c2c1C. The molecule has 4 aromatic heterocycles. The van der Waals surface area contributed by atoms with E-state index in [1.165, 1.54) is 17.3 Å². The Balaban J connectivity index is 1.41. The summed E-state index contributed by atoms with van der Waals surface area (Å²) in [5, 5.41) is 2.59. The van der Waals surface area contributed by atoms with Crippen molar-refractivity contribution in [3.63, 3.8) is 0 Å². The van der Waals surface area contributed by atoms with E-state index in [1.54, 1.807) is 12.4 Å². The van der Waals surface area contributed by atoms with Crippen molar-refractivity contribution < 1.29 is 0 Å². The van der Waals surface area contributed by atoms with E-state index in [-0.39, 0.29) is 0 Å². The number of nitrogens with one attached hydrogen (secondary N) is 1. The van der Waals surface area contributed by atoms with Crippen LogP contribution in [-0.4, -0.2) is 49.0 Å². The number of nitrogens with two attached hydrogens (primary N) is 1. The van der Waals surface area contributed by atoms with Crippen LogP contribution in [0.1, 0.15) is 11.3 Å². The molecule has 2 unspecified atom stereocenters. The summed E-state index contributed by atoms with van der Waals surface area (Å²) in [4.78, 5) is 28.7. The number of rotatable bonds is 3. The summed E-state index contributed by atoms with van der Waals surface area (Å²) in [5.41, 5.74) is 10.7. The van der Waals surface area contributed by atoms with Gasteiger partial charge < -0.3 is 15.6 Å². The third-order valence-electron chi connectivity index (χ3n) is 6.17. The van der Waals surface area contributed by atoms with Crippen molar-refractivity contribution in [2.45, 2.75) is 30.1 Å². The van der Waals surface area contributed by atoms with Crippen LogP contribution in [0.25, 0.3) is 22.2 Å². The molecule has 0 radical (unpaired) electrons. The highest BCUT2D eigenvalue weighted by Crippen LogP contribution is 2.46. The van der Waals surface area contributed by atoms with Gasteiger partial charge in [0.2, 0.25) is 0 Å². The molecule has 1 saturated heterocycles. The molecular formula is C20H20N8S. The van der Waals surface area contributed by atoms with Crippen molar-refractivity contribution in [1.29, 1.82) is 0 Å². The lowest BCUT2D eigenvalue weighted by atomic mass is 10.2. The maximum absolute atomic E-state index is 6.15. The predicted octanol–water partition coefficient (Wildman–Crippen LogP) is 2.46. The Kier molecular flexibility index (Phi) is 3.60. The number of anilines is 1. The molecule has 29 heavy (non-hydrogen) atoms. The molecule has 3 N–H and O–H groups in total. The predicted molar refractivity (Wildman–Crippen MR) is 112 cm³/mol. The number of H-pyrrole nitrogens is 1. The van der Waals surface area contributed by atoms with Gasteiger partial charge in [-0.25, -0.2) is 19.9 Å². The van der Waals surface area contributed by atoms with Crippen molar-refractivity contribution in [1.82, 2.24) is 29.9 Å². The van der Waals surface area contributed by atoms with E-state index in [1.807, 2.05) is 12.1 Å². The fourth-order valence-electron chi connectivity index (χ4n) is 4.33. The third kappa shape index (κ3) is 2.68. The van der Waals surface area contributed by atoms with Gasteiger partial charge in [-0.3, -0.25) is 4.98 Å². The lowest BCUT2D eigenvalue weighted by molar-refractivity contribution is 0.732. The second-order valence-electron chi connectivity index (χ2n) is 7.89. The molecule has 1 saturated carbocycles. The molecule has 2 aliphatic rings.